The van der Waals surface area contributed by atoms with E-state index in [-0.39, 0.29) is 5.91 Å². The Morgan fingerprint density at radius 1 is 1.15 bits per heavy atom. The third-order valence-electron chi connectivity index (χ3n) is 4.49. The highest BCUT2D eigenvalue weighted by Crippen LogP contribution is 2.33. The maximum absolute atomic E-state index is 12.2. The summed E-state index contributed by atoms with van der Waals surface area (Å²) in [7, 11) is 1.66. The average Bonchev–Trinajstić information content (AvgIpc) is 3.15. The molecule has 0 aliphatic heterocycles. The molecule has 0 fully saturated rings. The molecule has 3 aromatic rings. The van der Waals surface area contributed by atoms with Crippen molar-refractivity contribution in [2.45, 2.75) is 6.92 Å². The van der Waals surface area contributed by atoms with E-state index in [1.165, 1.54) is 5.39 Å². The fraction of sp³-hybridized carbons (Fsp3) is 0.227. The van der Waals surface area contributed by atoms with Gasteiger partial charge in [-0.3, -0.25) is 4.79 Å². The smallest absolute Gasteiger partial charge is 0.248 e. The van der Waals surface area contributed by atoms with Crippen molar-refractivity contribution < 1.29 is 9.53 Å². The van der Waals surface area contributed by atoms with Gasteiger partial charge in [-0.15, -0.1) is 0 Å². The molecule has 27 heavy (non-hydrogen) atoms. The van der Waals surface area contributed by atoms with Crippen molar-refractivity contribution in [3.8, 4) is 11.1 Å². The lowest BCUT2D eigenvalue weighted by molar-refractivity contribution is -0.111. The number of carbonyl (C=O) groups excluding carboxylic acids is 1. The lowest BCUT2D eigenvalue weighted by atomic mass is 9.96. The van der Waals surface area contributed by atoms with Crippen LogP contribution in [0.4, 0.5) is 5.69 Å². The first-order valence-electron chi connectivity index (χ1n) is 9.04. The number of aromatic nitrogens is 1. The number of carbonyl (C=O) groups is 1. The normalized spacial score (nSPS) is 11.3. The summed E-state index contributed by atoms with van der Waals surface area (Å²) in [5.74, 6) is -0.136. The van der Waals surface area contributed by atoms with Gasteiger partial charge in [0, 0.05) is 49.1 Å². The molecule has 3 N–H and O–H groups in total. The molecule has 0 spiro atoms. The van der Waals surface area contributed by atoms with Crippen LogP contribution >= 0.6 is 0 Å². The molecule has 0 saturated heterocycles. The van der Waals surface area contributed by atoms with Gasteiger partial charge in [0.05, 0.1) is 6.61 Å². The van der Waals surface area contributed by atoms with Gasteiger partial charge in [0.15, 0.2) is 0 Å². The van der Waals surface area contributed by atoms with Crippen molar-refractivity contribution in [1.82, 2.24) is 10.3 Å². The minimum absolute atomic E-state index is 0.136. The molecule has 1 heterocycles. The van der Waals surface area contributed by atoms with Crippen LogP contribution in [0.5, 0.6) is 0 Å². The van der Waals surface area contributed by atoms with E-state index in [1.807, 2.05) is 37.4 Å². The molecule has 140 valence electrons. The summed E-state index contributed by atoms with van der Waals surface area (Å²) in [6.45, 7) is 4.08. The van der Waals surface area contributed by atoms with E-state index >= 15 is 0 Å². The number of hydrogen-bond acceptors (Lipinski definition) is 3. The first-order chi connectivity index (χ1) is 13.2. The van der Waals surface area contributed by atoms with Crippen LogP contribution in [0.2, 0.25) is 0 Å². The average molecular weight is 363 g/mol. The third kappa shape index (κ3) is 4.64. The van der Waals surface area contributed by atoms with E-state index in [2.05, 4.69) is 39.9 Å². The number of rotatable bonds is 8. The second-order valence-electron chi connectivity index (χ2n) is 6.31. The second kappa shape index (κ2) is 9.16. The van der Waals surface area contributed by atoms with Gasteiger partial charge in [0.2, 0.25) is 5.91 Å². The van der Waals surface area contributed by atoms with Gasteiger partial charge in [-0.25, -0.2) is 0 Å². The van der Waals surface area contributed by atoms with E-state index in [9.17, 15) is 4.79 Å². The fourth-order valence-electron chi connectivity index (χ4n) is 3.08. The highest BCUT2D eigenvalue weighted by atomic mass is 16.5. The van der Waals surface area contributed by atoms with Crippen LogP contribution in [-0.4, -0.2) is 37.7 Å². The zero-order valence-corrected chi connectivity index (χ0v) is 15.7. The molecule has 0 atom stereocenters. The minimum atomic E-state index is -0.136. The number of anilines is 1. The van der Waals surface area contributed by atoms with Crippen molar-refractivity contribution >= 4 is 22.5 Å². The van der Waals surface area contributed by atoms with E-state index in [4.69, 9.17) is 4.74 Å². The number of amides is 1. The van der Waals surface area contributed by atoms with E-state index in [0.29, 0.717) is 13.2 Å². The molecule has 0 saturated carbocycles. The van der Waals surface area contributed by atoms with Crippen LogP contribution in [0, 0.1) is 6.92 Å². The lowest BCUT2D eigenvalue weighted by Crippen LogP contribution is -2.19. The number of nitrogens with one attached hydrogen (secondary N) is 3. The maximum Gasteiger partial charge on any atom is 0.248 e. The van der Waals surface area contributed by atoms with Gasteiger partial charge in [0.1, 0.15) is 0 Å². The number of hydrogen-bond donors (Lipinski definition) is 3. The van der Waals surface area contributed by atoms with Crippen molar-refractivity contribution in [1.29, 1.82) is 0 Å². The molecule has 0 bridgehead atoms. The molecular weight excluding hydrogens is 338 g/mol. The highest BCUT2D eigenvalue weighted by molar-refractivity contribution is 6.02. The molecule has 5 heteroatoms. The number of fused-ring (bicyclic) bond motifs is 1. The standard InChI is InChI=1S/C22H25N3O2/c1-16-17(18-7-4-9-21-19(18)11-13-24-21)6-3-8-20(16)25-22(26)10-5-12-23-14-15-27-2/h3-11,13,23-24H,12,14-15H2,1-2H3,(H,25,26)/b10-5+. The summed E-state index contributed by atoms with van der Waals surface area (Å²) in [5, 5.41) is 7.32. The molecule has 3 rings (SSSR count). The molecule has 0 aliphatic rings. The summed E-state index contributed by atoms with van der Waals surface area (Å²) < 4.78 is 4.96. The topological polar surface area (TPSA) is 66.2 Å². The monoisotopic (exact) mass is 363 g/mol. The Balaban J connectivity index is 1.73. The Hall–Kier alpha value is -2.89. The van der Waals surface area contributed by atoms with Crippen LogP contribution in [0.15, 0.2) is 60.8 Å². The van der Waals surface area contributed by atoms with Crippen LogP contribution < -0.4 is 10.6 Å². The van der Waals surface area contributed by atoms with E-state index in [1.54, 1.807) is 13.2 Å². The Labute approximate surface area is 159 Å². The molecule has 0 aliphatic carbocycles. The highest BCUT2D eigenvalue weighted by Gasteiger charge is 2.10. The van der Waals surface area contributed by atoms with Gasteiger partial charge in [-0.1, -0.05) is 30.3 Å². The van der Waals surface area contributed by atoms with Crippen molar-refractivity contribution in [2.24, 2.45) is 0 Å². The number of benzene rings is 2. The van der Waals surface area contributed by atoms with Crippen LogP contribution in [0.25, 0.3) is 22.0 Å². The maximum atomic E-state index is 12.2. The third-order valence-corrected chi connectivity index (χ3v) is 4.49. The number of methoxy groups -OCH3 is 1. The summed E-state index contributed by atoms with van der Waals surface area (Å²) in [6.07, 6.45) is 5.31. The first kappa shape index (κ1) is 18.9. The van der Waals surface area contributed by atoms with Gasteiger partial charge in [-0.05, 0) is 41.8 Å². The summed E-state index contributed by atoms with van der Waals surface area (Å²) >= 11 is 0. The Bertz CT molecular complexity index is 944. The lowest BCUT2D eigenvalue weighted by Gasteiger charge is -2.13. The quantitative estimate of drug-likeness (QED) is 0.420. The summed E-state index contributed by atoms with van der Waals surface area (Å²) in [4.78, 5) is 15.5. The zero-order valence-electron chi connectivity index (χ0n) is 15.7. The molecular formula is C22H25N3O2. The molecule has 1 amide bonds. The summed E-state index contributed by atoms with van der Waals surface area (Å²) in [5.41, 5.74) is 5.24. The Morgan fingerprint density at radius 2 is 1.96 bits per heavy atom. The first-order valence-corrected chi connectivity index (χ1v) is 9.04. The number of H-pyrrole nitrogens is 1. The second-order valence-corrected chi connectivity index (χ2v) is 6.31. The number of ether oxygens (including phenoxy) is 1. The van der Waals surface area contributed by atoms with Crippen LogP contribution in [-0.2, 0) is 9.53 Å². The van der Waals surface area contributed by atoms with Crippen LogP contribution in [0.3, 0.4) is 0 Å². The van der Waals surface area contributed by atoms with Gasteiger partial charge in [0.25, 0.3) is 0 Å². The minimum Gasteiger partial charge on any atom is -0.383 e. The van der Waals surface area contributed by atoms with Crippen LogP contribution in [0.1, 0.15) is 5.56 Å². The fourth-order valence-corrected chi connectivity index (χ4v) is 3.08. The predicted molar refractivity (Wildman–Crippen MR) is 111 cm³/mol. The molecule has 2 aromatic carbocycles. The van der Waals surface area contributed by atoms with Gasteiger partial charge >= 0.3 is 0 Å². The van der Waals surface area contributed by atoms with Gasteiger partial charge in [-0.2, -0.15) is 0 Å². The Kier molecular flexibility index (Phi) is 6.41. The molecule has 5 nitrogen and oxygen atoms in total. The van der Waals surface area contributed by atoms with Crippen molar-refractivity contribution in [2.75, 3.05) is 32.1 Å². The predicted octanol–water partition coefficient (Wildman–Crippen LogP) is 3.87. The Morgan fingerprint density at radius 3 is 2.81 bits per heavy atom. The van der Waals surface area contributed by atoms with E-state index < -0.39 is 0 Å². The zero-order chi connectivity index (χ0) is 19.1. The number of aromatic amines is 1. The molecule has 0 radical (unpaired) electrons. The van der Waals surface area contributed by atoms with Crippen molar-refractivity contribution in [3.63, 3.8) is 0 Å². The van der Waals surface area contributed by atoms with E-state index in [0.717, 1.165) is 34.4 Å². The SMILES string of the molecule is COCCNC/C=C/C(=O)Nc1cccc(-c2cccc3[nH]ccc23)c1C. The largest absolute Gasteiger partial charge is 0.383 e. The summed E-state index contributed by atoms with van der Waals surface area (Å²) in [6, 6.07) is 14.3. The molecule has 0 unspecified atom stereocenters. The van der Waals surface area contributed by atoms with Crippen molar-refractivity contribution in [3.05, 3.63) is 66.4 Å². The molecule has 1 aromatic heterocycles. The van der Waals surface area contributed by atoms with Gasteiger partial charge < -0.3 is 20.4 Å².